The van der Waals surface area contributed by atoms with E-state index in [1.807, 2.05) is 0 Å². The topological polar surface area (TPSA) is 95.8 Å². The number of hydrogen-bond donors (Lipinski definition) is 1. The molecule has 8 nitrogen and oxygen atoms in total. The van der Waals surface area contributed by atoms with Gasteiger partial charge in [-0.3, -0.25) is 4.79 Å². The van der Waals surface area contributed by atoms with Crippen molar-refractivity contribution in [2.75, 3.05) is 13.1 Å². The maximum atomic E-state index is 13.5. The summed E-state index contributed by atoms with van der Waals surface area (Å²) in [5.74, 6) is 2.09. The van der Waals surface area contributed by atoms with E-state index in [0.29, 0.717) is 49.4 Å². The number of piperidine rings is 2. The van der Waals surface area contributed by atoms with E-state index in [1.165, 1.54) is 19.3 Å². The molecule has 2 unspecified atom stereocenters. The molecule has 6 rings (SSSR count). The van der Waals surface area contributed by atoms with Gasteiger partial charge in [0.1, 0.15) is 5.76 Å². The summed E-state index contributed by atoms with van der Waals surface area (Å²) < 4.78 is 35.8. The summed E-state index contributed by atoms with van der Waals surface area (Å²) in [6.45, 7) is 1.37. The minimum absolute atomic E-state index is 0.0138. The van der Waals surface area contributed by atoms with Gasteiger partial charge in [0.15, 0.2) is 5.69 Å². The van der Waals surface area contributed by atoms with Crippen LogP contribution < -0.4 is 5.32 Å². The van der Waals surface area contributed by atoms with Crippen LogP contribution in [-0.4, -0.2) is 59.3 Å². The molecule has 1 N–H and O–H groups in total. The Morgan fingerprint density at radius 1 is 1.00 bits per heavy atom. The van der Waals surface area contributed by atoms with Crippen molar-refractivity contribution in [3.8, 4) is 0 Å². The Kier molecular flexibility index (Phi) is 4.51. The van der Waals surface area contributed by atoms with Crippen molar-refractivity contribution in [1.82, 2.24) is 19.1 Å². The van der Waals surface area contributed by atoms with E-state index in [4.69, 9.17) is 4.52 Å². The second-order valence-corrected chi connectivity index (χ2v) is 11.9. The molecule has 0 spiro atoms. The van der Waals surface area contributed by atoms with Crippen molar-refractivity contribution in [2.24, 2.45) is 11.8 Å². The molecule has 30 heavy (non-hydrogen) atoms. The number of aromatic nitrogens is 1. The molecule has 4 bridgehead atoms. The fraction of sp³-hybridized carbons (Fsp3) is 0.810. The quantitative estimate of drug-likeness (QED) is 0.767. The Bertz CT molecular complexity index is 917. The van der Waals surface area contributed by atoms with Crippen LogP contribution in [-0.2, 0) is 10.2 Å². The van der Waals surface area contributed by atoms with Gasteiger partial charge in [-0.25, -0.2) is 0 Å². The number of carbonyl (C=O) groups excluding carboxylic acids is 1. The Hall–Kier alpha value is -1.45. The van der Waals surface area contributed by atoms with Gasteiger partial charge in [0.25, 0.3) is 16.1 Å². The standard InChI is InChI=1S/C21H30N4O4S/c26-21(19-10-20(29-23-19)15-3-4-15)22-16-8-17-5-6-18(9-16)25(17)30(27,28)24-11-13-1-2-14(7-13)12-24/h10,13-18H,1-9,11-12H2,(H,22,26)/t13-,14?,16?,17-,18+/m0/s1. The zero-order valence-electron chi connectivity index (χ0n) is 17.2. The first-order valence-corrected chi connectivity index (χ1v) is 12.9. The second-order valence-electron chi connectivity index (χ2n) is 10.1. The minimum atomic E-state index is -3.42. The first-order valence-electron chi connectivity index (χ1n) is 11.5. The summed E-state index contributed by atoms with van der Waals surface area (Å²) >= 11 is 0. The lowest BCUT2D eigenvalue weighted by atomic mass is 9.99. The van der Waals surface area contributed by atoms with Crippen molar-refractivity contribution in [2.45, 2.75) is 81.8 Å². The third-order valence-corrected chi connectivity index (χ3v) is 9.99. The molecular formula is C21H30N4O4S. The second kappa shape index (κ2) is 7.03. The summed E-state index contributed by atoms with van der Waals surface area (Å²) in [7, 11) is -3.42. The number of amides is 1. The molecule has 1 amide bonds. The van der Waals surface area contributed by atoms with Gasteiger partial charge in [-0.1, -0.05) is 5.16 Å². The van der Waals surface area contributed by atoms with Crippen LogP contribution in [0.25, 0.3) is 0 Å². The van der Waals surface area contributed by atoms with Gasteiger partial charge in [-0.05, 0) is 69.6 Å². The summed E-state index contributed by atoms with van der Waals surface area (Å²) in [6.07, 6.45) is 8.85. The molecule has 5 aliphatic rings. The lowest BCUT2D eigenvalue weighted by molar-refractivity contribution is 0.0897. The average molecular weight is 435 g/mol. The SMILES string of the molecule is O=C(NC1C[C@H]2CC[C@@H](C1)N2S(=O)(=O)N1CC2CC[C@@H](C2)C1)c1cc(C2CC2)on1. The van der Waals surface area contributed by atoms with Crippen LogP contribution in [0.2, 0.25) is 0 Å². The van der Waals surface area contributed by atoms with E-state index < -0.39 is 10.2 Å². The Morgan fingerprint density at radius 2 is 1.67 bits per heavy atom. The number of fused-ring (bicyclic) bond motifs is 4. The molecule has 0 aromatic carbocycles. The van der Waals surface area contributed by atoms with Crippen molar-refractivity contribution in [1.29, 1.82) is 0 Å². The van der Waals surface area contributed by atoms with Gasteiger partial charge in [0.2, 0.25) is 0 Å². The van der Waals surface area contributed by atoms with Gasteiger partial charge in [-0.15, -0.1) is 0 Å². The molecule has 2 aliphatic carbocycles. The van der Waals surface area contributed by atoms with Crippen molar-refractivity contribution < 1.29 is 17.7 Å². The molecule has 9 heteroatoms. The largest absolute Gasteiger partial charge is 0.360 e. The number of hydrogen-bond acceptors (Lipinski definition) is 5. The number of nitrogens with one attached hydrogen (secondary N) is 1. The number of carbonyl (C=O) groups is 1. The van der Waals surface area contributed by atoms with Gasteiger partial charge in [0.05, 0.1) is 0 Å². The fourth-order valence-electron chi connectivity index (χ4n) is 6.33. The van der Waals surface area contributed by atoms with E-state index in [1.54, 1.807) is 14.7 Å². The molecule has 4 heterocycles. The molecule has 2 saturated carbocycles. The van der Waals surface area contributed by atoms with Crippen LogP contribution in [0.5, 0.6) is 0 Å². The van der Waals surface area contributed by atoms with Gasteiger partial charge in [0, 0.05) is 43.2 Å². The molecule has 3 saturated heterocycles. The smallest absolute Gasteiger partial charge is 0.282 e. The van der Waals surface area contributed by atoms with E-state index in [2.05, 4.69) is 10.5 Å². The first kappa shape index (κ1) is 19.3. The lowest BCUT2D eigenvalue weighted by Crippen LogP contribution is -2.57. The Balaban J connectivity index is 1.12. The highest BCUT2D eigenvalue weighted by Crippen LogP contribution is 2.43. The monoisotopic (exact) mass is 434 g/mol. The van der Waals surface area contributed by atoms with E-state index >= 15 is 0 Å². The average Bonchev–Trinajstić information content (AvgIpc) is 3.25. The molecule has 5 atom stereocenters. The van der Waals surface area contributed by atoms with Crippen molar-refractivity contribution >= 4 is 16.1 Å². The molecule has 5 fully saturated rings. The van der Waals surface area contributed by atoms with Crippen molar-refractivity contribution in [3.63, 3.8) is 0 Å². The zero-order chi connectivity index (χ0) is 20.5. The molecule has 0 radical (unpaired) electrons. The van der Waals surface area contributed by atoms with E-state index in [9.17, 15) is 13.2 Å². The summed E-state index contributed by atoms with van der Waals surface area (Å²) in [5.41, 5.74) is 0.336. The summed E-state index contributed by atoms with van der Waals surface area (Å²) in [6, 6.07) is 1.71. The van der Waals surface area contributed by atoms with Gasteiger partial charge < -0.3 is 9.84 Å². The highest BCUT2D eigenvalue weighted by molar-refractivity contribution is 7.86. The Morgan fingerprint density at radius 3 is 2.30 bits per heavy atom. The van der Waals surface area contributed by atoms with Gasteiger partial charge >= 0.3 is 0 Å². The fourth-order valence-corrected chi connectivity index (χ4v) is 8.53. The lowest BCUT2D eigenvalue weighted by Gasteiger charge is -2.42. The van der Waals surface area contributed by atoms with Crippen LogP contribution in [0, 0.1) is 11.8 Å². The number of nitrogens with zero attached hydrogens (tertiary/aromatic N) is 3. The molecule has 164 valence electrons. The minimum Gasteiger partial charge on any atom is -0.360 e. The Labute approximate surface area is 177 Å². The first-order chi connectivity index (χ1) is 14.5. The third kappa shape index (κ3) is 3.29. The third-order valence-electron chi connectivity index (χ3n) is 7.91. The highest BCUT2D eigenvalue weighted by atomic mass is 32.2. The summed E-state index contributed by atoms with van der Waals surface area (Å²) in [5, 5.41) is 7.02. The van der Waals surface area contributed by atoms with E-state index in [-0.39, 0.29) is 24.0 Å². The maximum absolute atomic E-state index is 13.5. The van der Waals surface area contributed by atoms with Crippen LogP contribution in [0.15, 0.2) is 10.6 Å². The molecular weight excluding hydrogens is 404 g/mol. The van der Waals surface area contributed by atoms with Gasteiger partial charge in [-0.2, -0.15) is 17.0 Å². The molecule has 3 aliphatic heterocycles. The zero-order valence-corrected chi connectivity index (χ0v) is 18.0. The molecule has 1 aromatic heterocycles. The predicted octanol–water partition coefficient (Wildman–Crippen LogP) is 2.25. The van der Waals surface area contributed by atoms with Crippen molar-refractivity contribution in [3.05, 3.63) is 17.5 Å². The predicted molar refractivity (Wildman–Crippen MR) is 109 cm³/mol. The van der Waals surface area contributed by atoms with Crippen LogP contribution >= 0.6 is 0 Å². The summed E-state index contributed by atoms with van der Waals surface area (Å²) in [4.78, 5) is 12.6. The van der Waals surface area contributed by atoms with E-state index in [0.717, 1.165) is 31.4 Å². The maximum Gasteiger partial charge on any atom is 0.282 e. The number of rotatable bonds is 5. The van der Waals surface area contributed by atoms with Crippen LogP contribution in [0.1, 0.15) is 80.0 Å². The van der Waals surface area contributed by atoms with Crippen LogP contribution in [0.4, 0.5) is 0 Å². The van der Waals surface area contributed by atoms with Crippen LogP contribution in [0.3, 0.4) is 0 Å². The normalized spacial score (nSPS) is 36.9. The molecule has 1 aromatic rings. The highest BCUT2D eigenvalue weighted by Gasteiger charge is 2.50.